The van der Waals surface area contributed by atoms with Gasteiger partial charge in [-0.15, -0.1) is 15.7 Å². The average molecular weight is 752 g/mol. The molecule has 4 aromatic carbocycles. The van der Waals surface area contributed by atoms with Crippen LogP contribution in [0.4, 0.5) is 11.4 Å². The molecule has 1 atom stereocenters. The van der Waals surface area contributed by atoms with Crippen LogP contribution < -0.4 is 25.7 Å². The molecule has 0 radical (unpaired) electrons. The fourth-order valence-corrected chi connectivity index (χ4v) is 8.20. The van der Waals surface area contributed by atoms with Crippen molar-refractivity contribution in [3.05, 3.63) is 119 Å². The monoisotopic (exact) mass is 751 g/mol. The third kappa shape index (κ3) is 7.02. The van der Waals surface area contributed by atoms with Crippen molar-refractivity contribution in [1.82, 2.24) is 15.2 Å². The minimum atomic E-state index is -4.17. The summed E-state index contributed by atoms with van der Waals surface area (Å²) in [7, 11) is -2.60. The Morgan fingerprint density at radius 1 is 0.981 bits per heavy atom. The predicted molar refractivity (Wildman–Crippen MR) is 201 cm³/mol. The van der Waals surface area contributed by atoms with E-state index in [1.807, 2.05) is 57.2 Å². The number of rotatable bonds is 9. The molecule has 15 heteroatoms. The Morgan fingerprint density at radius 2 is 1.63 bits per heavy atom. The van der Waals surface area contributed by atoms with Crippen LogP contribution in [-0.4, -0.2) is 41.3 Å². The van der Waals surface area contributed by atoms with Crippen molar-refractivity contribution in [1.29, 1.82) is 0 Å². The van der Waals surface area contributed by atoms with Crippen LogP contribution in [0.1, 0.15) is 28.8 Å². The van der Waals surface area contributed by atoms with Gasteiger partial charge in [-0.3, -0.25) is 19.8 Å². The second-order valence-corrected chi connectivity index (χ2v) is 15.6. The molecule has 1 aliphatic heterocycles. The topological polar surface area (TPSA) is 143 Å². The van der Waals surface area contributed by atoms with Crippen LogP contribution in [0.25, 0.3) is 20.8 Å². The predicted octanol–water partition coefficient (Wildman–Crippen LogP) is 5.08. The van der Waals surface area contributed by atoms with Crippen molar-refractivity contribution in [3.63, 3.8) is 0 Å². The van der Waals surface area contributed by atoms with Gasteiger partial charge in [0.15, 0.2) is 5.11 Å². The van der Waals surface area contributed by atoms with E-state index in [4.69, 9.17) is 21.7 Å². The Bertz CT molecular complexity index is 2520. The molecular formula is C37H33N7O5S3. The van der Waals surface area contributed by atoms with Crippen LogP contribution in [0, 0.1) is 20.8 Å². The van der Waals surface area contributed by atoms with Crippen LogP contribution in [0.3, 0.4) is 0 Å². The molecular weight excluding hydrogens is 719 g/mol. The summed E-state index contributed by atoms with van der Waals surface area (Å²) in [6.45, 7) is 5.70. The molecule has 0 bridgehead atoms. The number of amides is 2. The van der Waals surface area contributed by atoms with E-state index in [1.165, 1.54) is 27.3 Å². The third-order valence-electron chi connectivity index (χ3n) is 8.68. The van der Waals surface area contributed by atoms with E-state index in [9.17, 15) is 18.0 Å². The number of nitrogens with one attached hydrogen (secondary N) is 1. The van der Waals surface area contributed by atoms with E-state index in [0.29, 0.717) is 11.4 Å². The molecule has 12 nitrogen and oxygen atoms in total. The lowest BCUT2D eigenvalue weighted by Gasteiger charge is -2.22. The van der Waals surface area contributed by atoms with Gasteiger partial charge in [-0.05, 0) is 99.2 Å². The third-order valence-corrected chi connectivity index (χ3v) is 11.4. The maximum Gasteiger partial charge on any atom is 0.289 e. The zero-order chi connectivity index (χ0) is 36.7. The standard InChI is InChI=1S/C37H33N7O5S3/c1-22-5-14-27(15-6-22)44-36(46)30(20-33(45)38-26-12-10-25(11-13-26)35-39-29-18-9-24(3)19-32(29)51-35)43(37(44)50)21-31-34(49-41-42(31)4)40-52(47,48)28-16-7-23(2)8-17-28/h5-19,30H,20-21H2,1-4H3,(H,38,45)/b40-34-. The molecule has 1 unspecified atom stereocenters. The highest BCUT2D eigenvalue weighted by molar-refractivity contribution is 7.90. The number of carbonyl (C=O) groups is 2. The minimum absolute atomic E-state index is 0.0155. The van der Waals surface area contributed by atoms with E-state index in [0.717, 1.165) is 31.9 Å². The van der Waals surface area contributed by atoms with E-state index >= 15 is 0 Å². The molecule has 0 spiro atoms. The molecule has 6 aromatic rings. The van der Waals surface area contributed by atoms with Gasteiger partial charge in [0, 0.05) is 11.3 Å². The van der Waals surface area contributed by atoms with Crippen LogP contribution >= 0.6 is 23.6 Å². The number of nitrogens with zero attached hydrogens (tertiary/aromatic N) is 6. The highest BCUT2D eigenvalue weighted by atomic mass is 32.2. The summed E-state index contributed by atoms with van der Waals surface area (Å²) in [5, 5.41) is 7.81. The summed E-state index contributed by atoms with van der Waals surface area (Å²) in [4.78, 5) is 35.3. The quantitative estimate of drug-likeness (QED) is 0.158. The number of aromatic nitrogens is 3. The molecule has 1 fully saturated rings. The van der Waals surface area contributed by atoms with Crippen molar-refractivity contribution in [2.75, 3.05) is 10.2 Å². The number of thiazole rings is 1. The number of thiocarbonyl (C=S) groups is 1. The summed E-state index contributed by atoms with van der Waals surface area (Å²) in [6, 6.07) is 26.0. The van der Waals surface area contributed by atoms with Crippen molar-refractivity contribution in [3.8, 4) is 10.6 Å². The zero-order valence-corrected chi connectivity index (χ0v) is 31.1. The average Bonchev–Trinajstić information content (AvgIpc) is 3.75. The zero-order valence-electron chi connectivity index (χ0n) is 28.6. The Hall–Kier alpha value is -5.51. The van der Waals surface area contributed by atoms with E-state index in [1.54, 1.807) is 59.7 Å². The SMILES string of the molecule is Cc1ccc(N2C(=O)C(CC(=O)Nc3ccc(-c4nc5ccc(C)cc5s4)cc3)N(Cc3/c(=N/S(=O)(=O)c4ccc(C)cc4)o[n-][n+]3C)C2=S)cc1. The lowest BCUT2D eigenvalue weighted by Crippen LogP contribution is -2.45. The van der Waals surface area contributed by atoms with Gasteiger partial charge in [-0.1, -0.05) is 41.5 Å². The number of fused-ring (bicyclic) bond motifs is 1. The number of anilines is 2. The van der Waals surface area contributed by atoms with Crippen LogP contribution in [0.15, 0.2) is 105 Å². The first-order valence-corrected chi connectivity index (χ1v) is 18.9. The second kappa shape index (κ2) is 13.9. The van der Waals surface area contributed by atoms with Gasteiger partial charge in [0.05, 0.1) is 27.2 Å². The molecule has 2 amide bonds. The maximum atomic E-state index is 14.1. The Kier molecular flexibility index (Phi) is 9.33. The summed E-state index contributed by atoms with van der Waals surface area (Å²) >= 11 is 7.45. The smallest absolute Gasteiger partial charge is 0.289 e. The molecule has 1 N–H and O–H groups in total. The molecule has 3 heterocycles. The molecule has 0 aliphatic carbocycles. The van der Waals surface area contributed by atoms with Gasteiger partial charge >= 0.3 is 0 Å². The van der Waals surface area contributed by atoms with Gasteiger partial charge in [0.2, 0.25) is 5.91 Å². The largest absolute Gasteiger partial charge is 0.486 e. The number of sulfonamides is 1. The highest BCUT2D eigenvalue weighted by Crippen LogP contribution is 2.32. The van der Waals surface area contributed by atoms with Crippen molar-refractivity contribution in [2.45, 2.75) is 44.7 Å². The Balaban J connectivity index is 1.15. The first kappa shape index (κ1) is 34.9. The maximum absolute atomic E-state index is 14.1. The van der Waals surface area contributed by atoms with Crippen molar-refractivity contribution < 1.29 is 27.2 Å². The van der Waals surface area contributed by atoms with Gasteiger partial charge in [-0.2, -0.15) is 8.42 Å². The number of benzene rings is 4. The summed E-state index contributed by atoms with van der Waals surface area (Å²) in [5.41, 5.74) is 5.96. The van der Waals surface area contributed by atoms with Gasteiger partial charge < -0.3 is 14.7 Å². The van der Waals surface area contributed by atoms with Crippen LogP contribution in [-0.2, 0) is 33.2 Å². The van der Waals surface area contributed by atoms with Gasteiger partial charge in [-0.25, -0.2) is 9.67 Å². The first-order chi connectivity index (χ1) is 24.9. The normalized spacial score (nSPS) is 15.2. The Labute approximate surface area is 309 Å². The number of carbonyl (C=O) groups excluding carboxylic acids is 2. The second-order valence-electron chi connectivity index (χ2n) is 12.6. The molecule has 52 heavy (non-hydrogen) atoms. The Morgan fingerprint density at radius 3 is 2.33 bits per heavy atom. The summed E-state index contributed by atoms with van der Waals surface area (Å²) in [6.07, 6.45) is -0.247. The fraction of sp³-hybridized carbons (Fsp3) is 0.189. The highest BCUT2D eigenvalue weighted by Gasteiger charge is 2.45. The lowest BCUT2D eigenvalue weighted by molar-refractivity contribution is -0.752. The fourth-order valence-electron chi connectivity index (χ4n) is 5.80. The van der Waals surface area contributed by atoms with E-state index in [-0.39, 0.29) is 34.2 Å². The van der Waals surface area contributed by atoms with Gasteiger partial charge in [0.25, 0.3) is 27.2 Å². The summed E-state index contributed by atoms with van der Waals surface area (Å²) < 4.78 is 38.1. The van der Waals surface area contributed by atoms with Crippen LogP contribution in [0.5, 0.6) is 0 Å². The molecule has 2 aromatic heterocycles. The molecule has 264 valence electrons. The molecule has 1 aliphatic rings. The van der Waals surface area contributed by atoms with Gasteiger partial charge in [0.1, 0.15) is 24.6 Å². The number of hydrogen-bond donors (Lipinski definition) is 1. The molecule has 7 rings (SSSR count). The van der Waals surface area contributed by atoms with E-state index < -0.39 is 27.9 Å². The molecule has 0 saturated carbocycles. The first-order valence-electron chi connectivity index (χ1n) is 16.2. The van der Waals surface area contributed by atoms with Crippen molar-refractivity contribution in [2.24, 2.45) is 11.4 Å². The number of aryl methyl sites for hydroxylation is 4. The lowest BCUT2D eigenvalue weighted by atomic mass is 10.1. The minimum Gasteiger partial charge on any atom is -0.486 e. The van der Waals surface area contributed by atoms with Crippen LogP contribution in [0.2, 0.25) is 0 Å². The molecule has 1 saturated heterocycles. The van der Waals surface area contributed by atoms with E-state index in [2.05, 4.69) is 21.1 Å². The summed E-state index contributed by atoms with van der Waals surface area (Å²) in [5.74, 6) is -0.822. The van der Waals surface area contributed by atoms with Crippen molar-refractivity contribution >= 4 is 72.1 Å². The number of hydrogen-bond acceptors (Lipinski definition) is 8.